The summed E-state index contributed by atoms with van der Waals surface area (Å²) >= 11 is 0. The van der Waals surface area contributed by atoms with Crippen LogP contribution in [-0.4, -0.2) is 76.3 Å². The molecule has 0 unspecified atom stereocenters. The molecule has 2 aliphatic rings. The van der Waals surface area contributed by atoms with E-state index in [0.717, 1.165) is 69.3 Å². The monoisotopic (exact) mass is 401 g/mol. The summed E-state index contributed by atoms with van der Waals surface area (Å²) < 4.78 is 14.1. The lowest BCUT2D eigenvalue weighted by Crippen LogP contribution is -2.58. The first-order valence-electron chi connectivity index (χ1n) is 10.7. The molecular formula is C22H32FN5O. The summed E-state index contributed by atoms with van der Waals surface area (Å²) in [6, 6.07) is 7.16. The van der Waals surface area contributed by atoms with Crippen molar-refractivity contribution in [1.82, 2.24) is 19.8 Å². The number of halogens is 1. The van der Waals surface area contributed by atoms with Gasteiger partial charge in [0, 0.05) is 64.0 Å². The lowest BCUT2D eigenvalue weighted by atomic mass is 9.99. The van der Waals surface area contributed by atoms with E-state index in [0.29, 0.717) is 12.2 Å². The van der Waals surface area contributed by atoms with Crippen molar-refractivity contribution in [3.63, 3.8) is 0 Å². The quantitative estimate of drug-likeness (QED) is 0.804. The Balaban J connectivity index is 1.30. The first-order valence-corrected chi connectivity index (χ1v) is 10.7. The Hall–Kier alpha value is -1.96. The maximum atomic E-state index is 14.1. The second kappa shape index (κ2) is 8.81. The predicted molar refractivity (Wildman–Crippen MR) is 113 cm³/mol. The van der Waals surface area contributed by atoms with Crippen LogP contribution in [-0.2, 0) is 13.0 Å². The summed E-state index contributed by atoms with van der Waals surface area (Å²) in [5, 5.41) is 10.8. The van der Waals surface area contributed by atoms with Gasteiger partial charge in [0.15, 0.2) is 0 Å². The van der Waals surface area contributed by atoms with Gasteiger partial charge in [-0.1, -0.05) is 19.1 Å². The Morgan fingerprint density at radius 1 is 1.17 bits per heavy atom. The van der Waals surface area contributed by atoms with Crippen LogP contribution in [0.4, 0.5) is 10.1 Å². The number of H-pyrrole nitrogens is 1. The standard InChI is InChI=1S/C22H32FN5O/c1-3-22-24-16(2)18(25-22)14-26-9-8-20(21(29)15-26)28-12-10-27(11-13-28)19-7-5-4-6-17(19)23/h4-7,20-21,29H,3,8-15H2,1-2H3,(H,24,25)/t20-,21-/m1/s1. The van der Waals surface area contributed by atoms with Crippen LogP contribution in [0.5, 0.6) is 0 Å². The molecule has 0 aliphatic carbocycles. The average molecular weight is 402 g/mol. The van der Waals surface area contributed by atoms with E-state index in [-0.39, 0.29) is 18.0 Å². The molecule has 6 nitrogen and oxygen atoms in total. The molecule has 1 aromatic heterocycles. The highest BCUT2D eigenvalue weighted by Crippen LogP contribution is 2.24. The normalized spacial score (nSPS) is 24.2. The first kappa shape index (κ1) is 20.3. The molecule has 0 spiro atoms. The maximum absolute atomic E-state index is 14.1. The van der Waals surface area contributed by atoms with E-state index in [1.807, 2.05) is 12.1 Å². The zero-order valence-electron chi connectivity index (χ0n) is 17.4. The Morgan fingerprint density at radius 3 is 2.59 bits per heavy atom. The minimum atomic E-state index is -0.367. The lowest BCUT2D eigenvalue weighted by molar-refractivity contribution is -0.0175. The van der Waals surface area contributed by atoms with E-state index < -0.39 is 0 Å². The lowest BCUT2D eigenvalue weighted by Gasteiger charge is -2.45. The van der Waals surface area contributed by atoms with Crippen molar-refractivity contribution in [3.05, 3.63) is 47.3 Å². The number of likely N-dealkylation sites (tertiary alicyclic amines) is 1. The Kier molecular flexibility index (Phi) is 6.18. The average Bonchev–Trinajstić information content (AvgIpc) is 3.08. The Labute approximate surface area is 172 Å². The van der Waals surface area contributed by atoms with E-state index in [1.54, 1.807) is 6.07 Å². The third-order valence-corrected chi connectivity index (χ3v) is 6.35. The van der Waals surface area contributed by atoms with Gasteiger partial charge in [-0.05, 0) is 25.5 Å². The van der Waals surface area contributed by atoms with Crippen molar-refractivity contribution in [2.24, 2.45) is 0 Å². The molecule has 2 aliphatic heterocycles. The zero-order chi connectivity index (χ0) is 20.4. The molecule has 1 aromatic carbocycles. The summed E-state index contributed by atoms with van der Waals surface area (Å²) in [7, 11) is 0. The van der Waals surface area contributed by atoms with Crippen molar-refractivity contribution < 1.29 is 9.50 Å². The van der Waals surface area contributed by atoms with Crippen molar-refractivity contribution in [2.75, 3.05) is 44.2 Å². The number of nitrogens with one attached hydrogen (secondary N) is 1. The molecule has 0 saturated carbocycles. The summed E-state index contributed by atoms with van der Waals surface area (Å²) in [6.07, 6.45) is 1.49. The Morgan fingerprint density at radius 2 is 1.93 bits per heavy atom. The number of rotatable bonds is 5. The Bertz CT molecular complexity index is 817. The maximum Gasteiger partial charge on any atom is 0.146 e. The second-order valence-corrected chi connectivity index (χ2v) is 8.24. The highest BCUT2D eigenvalue weighted by atomic mass is 19.1. The van der Waals surface area contributed by atoms with E-state index in [9.17, 15) is 9.50 Å². The molecule has 0 radical (unpaired) electrons. The fourth-order valence-electron chi connectivity index (χ4n) is 4.65. The van der Waals surface area contributed by atoms with Gasteiger partial charge in [0.1, 0.15) is 11.6 Å². The molecular weight excluding hydrogens is 369 g/mol. The second-order valence-electron chi connectivity index (χ2n) is 8.24. The van der Waals surface area contributed by atoms with Crippen molar-refractivity contribution in [3.8, 4) is 0 Å². The van der Waals surface area contributed by atoms with Crippen LogP contribution in [0.25, 0.3) is 0 Å². The number of hydrogen-bond donors (Lipinski definition) is 2. The third kappa shape index (κ3) is 4.47. The van der Waals surface area contributed by atoms with E-state index in [4.69, 9.17) is 0 Å². The highest BCUT2D eigenvalue weighted by Gasteiger charge is 2.34. The number of aryl methyl sites for hydroxylation is 2. The number of aromatic amines is 1. The zero-order valence-corrected chi connectivity index (χ0v) is 17.4. The molecule has 2 aromatic rings. The molecule has 29 heavy (non-hydrogen) atoms. The van der Waals surface area contributed by atoms with Gasteiger partial charge in [0.25, 0.3) is 0 Å². The molecule has 2 fully saturated rings. The number of aromatic nitrogens is 2. The van der Waals surface area contributed by atoms with Gasteiger partial charge >= 0.3 is 0 Å². The third-order valence-electron chi connectivity index (χ3n) is 6.35. The number of imidazole rings is 1. The summed E-state index contributed by atoms with van der Waals surface area (Å²) in [5.74, 6) is 0.870. The SMILES string of the molecule is CCc1nc(CN2CC[C@@H](N3CCN(c4ccccc4F)CC3)[C@H](O)C2)c(C)[nH]1. The fourth-order valence-corrected chi connectivity index (χ4v) is 4.65. The van der Waals surface area contributed by atoms with Gasteiger partial charge in [-0.3, -0.25) is 9.80 Å². The smallest absolute Gasteiger partial charge is 0.146 e. The van der Waals surface area contributed by atoms with Crippen LogP contribution in [0, 0.1) is 12.7 Å². The highest BCUT2D eigenvalue weighted by molar-refractivity contribution is 5.48. The molecule has 0 amide bonds. The summed E-state index contributed by atoms with van der Waals surface area (Å²) in [4.78, 5) is 14.8. The van der Waals surface area contributed by atoms with Crippen molar-refractivity contribution >= 4 is 5.69 Å². The predicted octanol–water partition coefficient (Wildman–Crippen LogP) is 2.18. The van der Waals surface area contributed by atoms with Gasteiger partial charge in [0.05, 0.1) is 17.5 Å². The first-order chi connectivity index (χ1) is 14.0. The van der Waals surface area contributed by atoms with E-state index >= 15 is 0 Å². The van der Waals surface area contributed by atoms with Crippen molar-refractivity contribution in [1.29, 1.82) is 0 Å². The largest absolute Gasteiger partial charge is 0.390 e. The van der Waals surface area contributed by atoms with Gasteiger partial charge in [-0.2, -0.15) is 0 Å². The number of anilines is 1. The minimum Gasteiger partial charge on any atom is -0.390 e. The van der Waals surface area contributed by atoms with Gasteiger partial charge in [-0.15, -0.1) is 0 Å². The topological polar surface area (TPSA) is 58.6 Å². The van der Waals surface area contributed by atoms with Gasteiger partial charge in [-0.25, -0.2) is 9.37 Å². The fraction of sp³-hybridized carbons (Fsp3) is 0.591. The van der Waals surface area contributed by atoms with Gasteiger partial charge < -0.3 is 15.0 Å². The molecule has 2 atom stereocenters. The molecule has 3 heterocycles. The van der Waals surface area contributed by atoms with Crippen LogP contribution in [0.2, 0.25) is 0 Å². The molecule has 2 N–H and O–H groups in total. The number of aliphatic hydroxyl groups is 1. The number of piperidine rings is 1. The molecule has 4 rings (SSSR count). The number of aliphatic hydroxyl groups excluding tert-OH is 1. The summed E-state index contributed by atoms with van der Waals surface area (Å²) in [6.45, 7) is 9.88. The van der Waals surface area contributed by atoms with Crippen LogP contribution < -0.4 is 4.90 Å². The molecule has 7 heteroatoms. The molecule has 2 saturated heterocycles. The number of benzene rings is 1. The van der Waals surface area contributed by atoms with Crippen LogP contribution in [0.3, 0.4) is 0 Å². The van der Waals surface area contributed by atoms with Crippen molar-refractivity contribution in [2.45, 2.75) is 45.4 Å². The molecule has 158 valence electrons. The van der Waals surface area contributed by atoms with Crippen LogP contribution in [0.15, 0.2) is 24.3 Å². The number of piperazine rings is 1. The van der Waals surface area contributed by atoms with Gasteiger partial charge in [0.2, 0.25) is 0 Å². The number of hydrogen-bond acceptors (Lipinski definition) is 5. The summed E-state index contributed by atoms with van der Waals surface area (Å²) in [5.41, 5.74) is 2.90. The van der Waals surface area contributed by atoms with Crippen LogP contribution >= 0.6 is 0 Å². The van der Waals surface area contributed by atoms with Crippen LogP contribution in [0.1, 0.15) is 30.6 Å². The molecule has 0 bridgehead atoms. The van der Waals surface area contributed by atoms with E-state index in [1.165, 1.54) is 6.07 Å². The number of para-hydroxylation sites is 1. The number of β-amino-alcohol motifs (C(OH)–C–C–N with tert-alkyl or cyclic N) is 1. The number of nitrogens with zero attached hydrogens (tertiary/aromatic N) is 4. The minimum absolute atomic E-state index is 0.158. The van der Waals surface area contributed by atoms with E-state index in [2.05, 4.69) is 38.5 Å².